The number of nitrogens with one attached hydrogen (secondary N) is 3. The summed E-state index contributed by atoms with van der Waals surface area (Å²) in [6.45, 7) is 8.14. The maximum absolute atomic E-state index is 11.6. The number of guanidine groups is 1. The minimum Gasteiger partial charge on any atom is -0.444 e. The molecule has 8 heteroatoms. The average molecular weight is 401 g/mol. The van der Waals surface area contributed by atoms with Crippen LogP contribution in [0, 0.1) is 0 Å². The topological polar surface area (TPSA) is 92.6 Å². The van der Waals surface area contributed by atoms with E-state index < -0.39 is 11.7 Å². The highest BCUT2D eigenvalue weighted by Crippen LogP contribution is 2.10. The molecule has 0 aliphatic carbocycles. The Kier molecular flexibility index (Phi) is 8.51. The molecule has 2 aromatic rings. The Morgan fingerprint density at radius 3 is 2.48 bits per heavy atom. The van der Waals surface area contributed by atoms with E-state index in [0.717, 1.165) is 18.9 Å². The molecule has 0 saturated heterocycles. The van der Waals surface area contributed by atoms with Crippen LogP contribution in [0.1, 0.15) is 38.3 Å². The molecule has 0 atom stereocenters. The first-order valence-corrected chi connectivity index (χ1v) is 9.83. The van der Waals surface area contributed by atoms with Crippen LogP contribution in [0.3, 0.4) is 0 Å². The van der Waals surface area contributed by atoms with Crippen molar-refractivity contribution in [2.24, 2.45) is 4.99 Å². The molecule has 1 aromatic heterocycles. The van der Waals surface area contributed by atoms with Crippen molar-refractivity contribution in [1.29, 1.82) is 0 Å². The predicted molar refractivity (Wildman–Crippen MR) is 115 cm³/mol. The molecule has 0 spiro atoms. The Bertz CT molecular complexity index is 781. The first-order valence-electron chi connectivity index (χ1n) is 9.83. The summed E-state index contributed by atoms with van der Waals surface area (Å²) in [6, 6.07) is 10.2. The number of benzene rings is 1. The largest absolute Gasteiger partial charge is 0.444 e. The first-order chi connectivity index (χ1) is 13.9. The summed E-state index contributed by atoms with van der Waals surface area (Å²) in [5.41, 5.74) is 1.92. The van der Waals surface area contributed by atoms with Crippen LogP contribution in [0.2, 0.25) is 0 Å². The van der Waals surface area contributed by atoms with Crippen LogP contribution in [0.4, 0.5) is 4.79 Å². The fourth-order valence-corrected chi connectivity index (χ4v) is 2.65. The summed E-state index contributed by atoms with van der Waals surface area (Å²) < 4.78 is 7.12. The molecule has 0 aliphatic heterocycles. The smallest absolute Gasteiger partial charge is 0.407 e. The first kappa shape index (κ1) is 22.3. The van der Waals surface area contributed by atoms with Crippen molar-refractivity contribution in [2.45, 2.75) is 45.9 Å². The maximum atomic E-state index is 11.6. The van der Waals surface area contributed by atoms with Crippen LogP contribution < -0.4 is 16.0 Å². The Hall–Kier alpha value is -3.03. The minimum atomic E-state index is -0.484. The Labute approximate surface area is 172 Å². The van der Waals surface area contributed by atoms with Crippen molar-refractivity contribution in [1.82, 2.24) is 25.7 Å². The SMILES string of the molecule is CN=C(NCCCNC(=O)OC(C)(C)C)NCc1ccccc1Cn1cccn1. The van der Waals surface area contributed by atoms with Gasteiger partial charge in [0, 0.05) is 39.1 Å². The van der Waals surface area contributed by atoms with Crippen LogP contribution in [-0.2, 0) is 17.8 Å². The molecule has 1 amide bonds. The van der Waals surface area contributed by atoms with E-state index in [0.29, 0.717) is 19.6 Å². The molecule has 2 rings (SSSR count). The number of alkyl carbamates (subject to hydrolysis) is 1. The van der Waals surface area contributed by atoms with Gasteiger partial charge < -0.3 is 20.7 Å². The van der Waals surface area contributed by atoms with Gasteiger partial charge in [-0.1, -0.05) is 24.3 Å². The highest BCUT2D eigenvalue weighted by molar-refractivity contribution is 5.79. The standard InChI is InChI=1S/C21H32N6O2/c1-21(2,3)29-20(28)24-12-7-11-23-19(22-4)25-15-17-9-5-6-10-18(17)16-27-14-8-13-26-27/h5-6,8-10,13-14H,7,11-12,15-16H2,1-4H3,(H,24,28)(H2,22,23,25). The lowest BCUT2D eigenvalue weighted by molar-refractivity contribution is 0.0527. The second-order valence-electron chi connectivity index (χ2n) is 7.61. The average Bonchev–Trinajstić information content (AvgIpc) is 3.16. The summed E-state index contributed by atoms with van der Waals surface area (Å²) in [7, 11) is 1.74. The number of amides is 1. The molecule has 0 radical (unpaired) electrons. The van der Waals surface area contributed by atoms with E-state index in [9.17, 15) is 4.79 Å². The molecule has 0 fully saturated rings. The van der Waals surface area contributed by atoms with Crippen LogP contribution in [0.5, 0.6) is 0 Å². The van der Waals surface area contributed by atoms with Gasteiger partial charge in [-0.15, -0.1) is 0 Å². The zero-order chi connectivity index (χ0) is 21.1. The Balaban J connectivity index is 1.72. The van der Waals surface area contributed by atoms with Crippen molar-refractivity contribution in [3.05, 3.63) is 53.9 Å². The van der Waals surface area contributed by atoms with Gasteiger partial charge in [-0.3, -0.25) is 9.67 Å². The molecule has 8 nitrogen and oxygen atoms in total. The fraction of sp³-hybridized carbons (Fsp3) is 0.476. The number of hydrogen-bond donors (Lipinski definition) is 3. The summed E-state index contributed by atoms with van der Waals surface area (Å²) in [4.78, 5) is 15.9. The van der Waals surface area contributed by atoms with Crippen LogP contribution in [0.25, 0.3) is 0 Å². The van der Waals surface area contributed by atoms with Crippen LogP contribution in [-0.4, -0.2) is 47.6 Å². The third-order valence-electron chi connectivity index (χ3n) is 3.99. The molecule has 0 unspecified atom stereocenters. The quantitative estimate of drug-likeness (QED) is 0.360. The van der Waals surface area contributed by atoms with E-state index in [1.807, 2.05) is 49.8 Å². The van der Waals surface area contributed by atoms with Crippen LogP contribution in [0.15, 0.2) is 47.7 Å². The van der Waals surface area contributed by atoms with Gasteiger partial charge in [0.1, 0.15) is 5.60 Å². The number of aromatic nitrogens is 2. The Morgan fingerprint density at radius 1 is 1.10 bits per heavy atom. The van der Waals surface area contributed by atoms with Crippen molar-refractivity contribution < 1.29 is 9.53 Å². The second kappa shape index (κ2) is 11.1. The van der Waals surface area contributed by atoms with Crippen molar-refractivity contribution in [3.8, 4) is 0 Å². The van der Waals surface area contributed by atoms with Gasteiger partial charge in [0.15, 0.2) is 5.96 Å². The van der Waals surface area contributed by atoms with E-state index in [1.165, 1.54) is 11.1 Å². The second-order valence-corrected chi connectivity index (χ2v) is 7.61. The van der Waals surface area contributed by atoms with Gasteiger partial charge in [-0.05, 0) is 44.4 Å². The van der Waals surface area contributed by atoms with Crippen molar-refractivity contribution in [2.75, 3.05) is 20.1 Å². The molecule has 0 bridgehead atoms. The third-order valence-corrected chi connectivity index (χ3v) is 3.99. The number of nitrogens with zero attached hydrogens (tertiary/aromatic N) is 3. The van der Waals surface area contributed by atoms with Gasteiger partial charge in [0.2, 0.25) is 0 Å². The molecule has 158 valence electrons. The van der Waals surface area contributed by atoms with Gasteiger partial charge >= 0.3 is 6.09 Å². The van der Waals surface area contributed by atoms with Gasteiger partial charge in [-0.2, -0.15) is 5.10 Å². The van der Waals surface area contributed by atoms with Crippen LogP contribution >= 0.6 is 0 Å². The van der Waals surface area contributed by atoms with E-state index in [2.05, 4.69) is 38.2 Å². The van der Waals surface area contributed by atoms with E-state index >= 15 is 0 Å². The number of ether oxygens (including phenoxy) is 1. The lowest BCUT2D eigenvalue weighted by atomic mass is 10.1. The van der Waals surface area contributed by atoms with Crippen molar-refractivity contribution >= 4 is 12.1 Å². The lowest BCUT2D eigenvalue weighted by Crippen LogP contribution is -2.39. The van der Waals surface area contributed by atoms with E-state index in [4.69, 9.17) is 4.74 Å². The normalized spacial score (nSPS) is 11.8. The molecule has 0 saturated carbocycles. The summed E-state index contributed by atoms with van der Waals surface area (Å²) >= 11 is 0. The molecule has 0 aliphatic rings. The van der Waals surface area contributed by atoms with Crippen molar-refractivity contribution in [3.63, 3.8) is 0 Å². The molecule has 29 heavy (non-hydrogen) atoms. The minimum absolute atomic E-state index is 0.395. The fourth-order valence-electron chi connectivity index (χ4n) is 2.65. The van der Waals surface area contributed by atoms with Gasteiger partial charge in [-0.25, -0.2) is 4.79 Å². The number of rotatable bonds is 8. The summed E-state index contributed by atoms with van der Waals surface area (Å²) in [5, 5.41) is 13.6. The zero-order valence-corrected chi connectivity index (χ0v) is 17.7. The molecular formula is C21H32N6O2. The molecule has 1 heterocycles. The van der Waals surface area contributed by atoms with Gasteiger partial charge in [0.25, 0.3) is 0 Å². The Morgan fingerprint density at radius 2 is 1.83 bits per heavy atom. The maximum Gasteiger partial charge on any atom is 0.407 e. The molecule has 1 aromatic carbocycles. The van der Waals surface area contributed by atoms with E-state index in [-0.39, 0.29) is 0 Å². The third kappa shape index (κ3) is 8.68. The summed E-state index contributed by atoms with van der Waals surface area (Å²) in [5.74, 6) is 0.719. The van der Waals surface area contributed by atoms with Gasteiger partial charge in [0.05, 0.1) is 6.54 Å². The molecular weight excluding hydrogens is 368 g/mol. The predicted octanol–water partition coefficient (Wildman–Crippen LogP) is 2.51. The monoisotopic (exact) mass is 400 g/mol. The lowest BCUT2D eigenvalue weighted by Gasteiger charge is -2.19. The molecule has 3 N–H and O–H groups in total. The number of hydrogen-bond acceptors (Lipinski definition) is 4. The zero-order valence-electron chi connectivity index (χ0n) is 17.7. The number of aliphatic imine (C=N–C) groups is 1. The summed E-state index contributed by atoms with van der Waals surface area (Å²) in [6.07, 6.45) is 4.10. The van der Waals surface area contributed by atoms with E-state index in [1.54, 1.807) is 13.2 Å². The number of carbonyl (C=O) groups excluding carboxylic acids is 1. The highest BCUT2D eigenvalue weighted by atomic mass is 16.6. The number of carbonyl (C=O) groups is 1. The highest BCUT2D eigenvalue weighted by Gasteiger charge is 2.15.